The first kappa shape index (κ1) is 28.7. The van der Waals surface area contributed by atoms with Gasteiger partial charge in [-0.2, -0.15) is 9.50 Å². The Kier molecular flexibility index (Phi) is 6.32. The molecule has 1 saturated heterocycles. The standard InChI is InChI=1S/C29H30BrClF2N6O4/c1-27(2,3)43-26(42)37-8-6-28(7-9-37)16-11-15(16)22-21(28)23(41)39-25(35-24(30)36-39)38(22)13-20(40)34-19-5-4-14(10-18(19)31)17-12-29(17,32)33/h4-5,10,15-17H,6-9,11-13H2,1-3H3,(H,34,40)/t15-,16+,17?/m0/s1. The number of nitrogens with zero attached hydrogens (tertiary/aromatic N) is 5. The van der Waals surface area contributed by atoms with E-state index in [1.807, 2.05) is 20.8 Å². The lowest BCUT2D eigenvalue weighted by molar-refractivity contribution is -0.116. The van der Waals surface area contributed by atoms with Gasteiger partial charge in [-0.15, -0.1) is 5.10 Å². The Morgan fingerprint density at radius 2 is 1.93 bits per heavy atom. The topological polar surface area (TPSA) is 111 Å². The number of fused-ring (bicyclic) bond motifs is 6. The molecule has 2 aromatic heterocycles. The number of carbonyl (C=O) groups excluding carboxylic acids is 2. The number of alkyl halides is 2. The van der Waals surface area contributed by atoms with Gasteiger partial charge in [0.2, 0.25) is 16.4 Å². The Balaban J connectivity index is 1.19. The van der Waals surface area contributed by atoms with Crippen LogP contribution in [0.1, 0.15) is 75.1 Å². The molecule has 0 radical (unpaired) electrons. The van der Waals surface area contributed by atoms with Gasteiger partial charge in [0.05, 0.1) is 16.6 Å². The van der Waals surface area contributed by atoms with Crippen molar-refractivity contribution in [1.82, 2.24) is 24.1 Å². The lowest BCUT2D eigenvalue weighted by Gasteiger charge is -2.41. The molecule has 2 amide bonds. The van der Waals surface area contributed by atoms with Gasteiger partial charge in [-0.25, -0.2) is 13.6 Å². The van der Waals surface area contributed by atoms with Gasteiger partial charge in [0.1, 0.15) is 12.1 Å². The van der Waals surface area contributed by atoms with Crippen molar-refractivity contribution in [3.63, 3.8) is 0 Å². The van der Waals surface area contributed by atoms with Gasteiger partial charge >= 0.3 is 6.09 Å². The molecule has 10 nitrogen and oxygen atoms in total. The molecule has 0 bridgehead atoms. The number of rotatable bonds is 4. The van der Waals surface area contributed by atoms with E-state index >= 15 is 0 Å². The number of carbonyl (C=O) groups is 2. The molecular formula is C29H30BrClF2N6O4. The summed E-state index contributed by atoms with van der Waals surface area (Å²) in [6.45, 7) is 6.25. The first-order valence-corrected chi connectivity index (χ1v) is 15.5. The average molecular weight is 680 g/mol. The number of benzene rings is 1. The Morgan fingerprint density at radius 1 is 1.23 bits per heavy atom. The smallest absolute Gasteiger partial charge is 0.410 e. The first-order chi connectivity index (χ1) is 20.2. The lowest BCUT2D eigenvalue weighted by atomic mass is 9.71. The highest BCUT2D eigenvalue weighted by atomic mass is 79.9. The van der Waals surface area contributed by atoms with Crippen LogP contribution < -0.4 is 10.9 Å². The van der Waals surface area contributed by atoms with Crippen molar-refractivity contribution in [3.8, 4) is 0 Å². The van der Waals surface area contributed by atoms with Crippen LogP contribution in [0, 0.1) is 5.92 Å². The van der Waals surface area contributed by atoms with Crippen LogP contribution in [0.2, 0.25) is 5.02 Å². The van der Waals surface area contributed by atoms with Gasteiger partial charge in [0.25, 0.3) is 11.5 Å². The summed E-state index contributed by atoms with van der Waals surface area (Å²) < 4.78 is 35.9. The number of piperidine rings is 1. The quantitative estimate of drug-likeness (QED) is 0.393. The van der Waals surface area contributed by atoms with Crippen LogP contribution >= 0.6 is 27.5 Å². The molecule has 2 saturated carbocycles. The van der Waals surface area contributed by atoms with Crippen molar-refractivity contribution >= 4 is 51.0 Å². The van der Waals surface area contributed by atoms with Gasteiger partial charge in [-0.1, -0.05) is 17.7 Å². The minimum Gasteiger partial charge on any atom is -0.444 e. The number of aromatic nitrogens is 4. The summed E-state index contributed by atoms with van der Waals surface area (Å²) in [6.07, 6.45) is 1.51. The van der Waals surface area contributed by atoms with Crippen molar-refractivity contribution in [2.24, 2.45) is 5.92 Å². The van der Waals surface area contributed by atoms with Crippen LogP contribution in [0.3, 0.4) is 0 Å². The minimum absolute atomic E-state index is 0.0899. The third-order valence-electron chi connectivity index (χ3n) is 9.21. The molecule has 3 heterocycles. The highest BCUT2D eigenvalue weighted by Crippen LogP contribution is 2.67. The summed E-state index contributed by atoms with van der Waals surface area (Å²) >= 11 is 9.65. The van der Waals surface area contributed by atoms with E-state index in [2.05, 4.69) is 31.3 Å². The predicted octanol–water partition coefficient (Wildman–Crippen LogP) is 5.45. The summed E-state index contributed by atoms with van der Waals surface area (Å²) in [7, 11) is 0. The SMILES string of the molecule is CC(C)(C)OC(=O)N1CCC2(CC1)c1c(n(CC(=O)Nc3ccc(C4CC4(F)F)cc3Cl)c3nc(Br)nn3c1=O)[C@H]1C[C@H]12. The molecule has 228 valence electrons. The maximum atomic E-state index is 13.9. The lowest BCUT2D eigenvalue weighted by Crippen LogP contribution is -2.49. The predicted molar refractivity (Wildman–Crippen MR) is 157 cm³/mol. The van der Waals surface area contributed by atoms with E-state index in [0.717, 1.165) is 12.1 Å². The number of likely N-dealkylation sites (tertiary alicyclic amines) is 1. The highest BCUT2D eigenvalue weighted by molar-refractivity contribution is 9.10. The second-order valence-corrected chi connectivity index (χ2v) is 14.2. The van der Waals surface area contributed by atoms with E-state index in [-0.39, 0.29) is 52.0 Å². The maximum Gasteiger partial charge on any atom is 0.410 e. The number of ether oxygens (including phenoxy) is 1. The number of hydrogen-bond acceptors (Lipinski definition) is 6. The van der Waals surface area contributed by atoms with Crippen LogP contribution in [0.4, 0.5) is 19.3 Å². The van der Waals surface area contributed by atoms with E-state index in [9.17, 15) is 23.2 Å². The van der Waals surface area contributed by atoms with Crippen molar-refractivity contribution in [2.75, 3.05) is 18.4 Å². The second kappa shape index (κ2) is 9.47. The number of nitrogens with one attached hydrogen (secondary N) is 1. The zero-order valence-electron chi connectivity index (χ0n) is 23.8. The molecule has 7 rings (SSSR count). The van der Waals surface area contributed by atoms with E-state index in [0.29, 0.717) is 42.7 Å². The van der Waals surface area contributed by atoms with E-state index in [1.165, 1.54) is 16.6 Å². The van der Waals surface area contributed by atoms with Crippen LogP contribution in [0.25, 0.3) is 5.78 Å². The molecule has 1 aromatic carbocycles. The number of anilines is 1. The first-order valence-electron chi connectivity index (χ1n) is 14.3. The number of hydrogen-bond donors (Lipinski definition) is 1. The molecule has 3 atom stereocenters. The Labute approximate surface area is 258 Å². The van der Waals surface area contributed by atoms with Gasteiger partial charge in [0, 0.05) is 42.1 Å². The second-order valence-electron chi connectivity index (χ2n) is 13.1. The van der Waals surface area contributed by atoms with E-state index in [1.54, 1.807) is 15.5 Å². The van der Waals surface area contributed by atoms with Gasteiger partial charge in [0.15, 0.2) is 0 Å². The van der Waals surface area contributed by atoms with Crippen LogP contribution in [-0.4, -0.2) is 60.7 Å². The molecule has 1 aliphatic heterocycles. The fourth-order valence-corrected chi connectivity index (χ4v) is 7.70. The number of amides is 2. The van der Waals surface area contributed by atoms with Gasteiger partial charge in [-0.3, -0.25) is 9.59 Å². The summed E-state index contributed by atoms with van der Waals surface area (Å²) in [5.41, 5.74) is 0.878. The number of halogens is 4. The summed E-state index contributed by atoms with van der Waals surface area (Å²) in [5, 5.41) is 7.26. The Hall–Kier alpha value is -3.06. The molecule has 4 aliphatic rings. The highest BCUT2D eigenvalue weighted by Gasteiger charge is 2.64. The minimum atomic E-state index is -2.72. The molecule has 3 fully saturated rings. The molecule has 3 aliphatic carbocycles. The zero-order valence-corrected chi connectivity index (χ0v) is 26.1. The fourth-order valence-electron chi connectivity index (χ4n) is 7.14. The third kappa shape index (κ3) is 4.73. The van der Waals surface area contributed by atoms with Crippen molar-refractivity contribution in [3.05, 3.63) is 55.1 Å². The van der Waals surface area contributed by atoms with Crippen molar-refractivity contribution in [2.45, 2.75) is 81.8 Å². The van der Waals surface area contributed by atoms with Crippen molar-refractivity contribution < 1.29 is 23.1 Å². The van der Waals surface area contributed by atoms with Crippen LogP contribution in [0.5, 0.6) is 0 Å². The zero-order chi connectivity index (χ0) is 30.6. The molecule has 3 aromatic rings. The van der Waals surface area contributed by atoms with Gasteiger partial charge < -0.3 is 19.5 Å². The maximum absolute atomic E-state index is 13.9. The molecular weight excluding hydrogens is 650 g/mol. The molecule has 43 heavy (non-hydrogen) atoms. The van der Waals surface area contributed by atoms with Gasteiger partial charge in [-0.05, 0) is 79.6 Å². The third-order valence-corrected chi connectivity index (χ3v) is 9.86. The molecule has 14 heteroatoms. The summed E-state index contributed by atoms with van der Waals surface area (Å²) in [6, 6.07) is 4.56. The van der Waals surface area contributed by atoms with Crippen molar-refractivity contribution in [1.29, 1.82) is 0 Å². The fraction of sp³-hybridized carbons (Fsp3) is 0.552. The normalized spacial score (nSPS) is 24.5. The molecule has 1 spiro atoms. The average Bonchev–Trinajstić information content (AvgIpc) is 3.77. The Morgan fingerprint density at radius 3 is 2.56 bits per heavy atom. The van der Waals surface area contributed by atoms with E-state index in [4.69, 9.17) is 16.3 Å². The largest absolute Gasteiger partial charge is 0.444 e. The van der Waals surface area contributed by atoms with Crippen LogP contribution in [-0.2, 0) is 21.5 Å². The summed E-state index contributed by atoms with van der Waals surface area (Å²) in [4.78, 5) is 46.2. The Bertz CT molecular complexity index is 1760. The van der Waals surface area contributed by atoms with E-state index < -0.39 is 28.8 Å². The van der Waals surface area contributed by atoms with Crippen LogP contribution in [0.15, 0.2) is 27.7 Å². The molecule has 1 unspecified atom stereocenters. The monoisotopic (exact) mass is 678 g/mol. The summed E-state index contributed by atoms with van der Waals surface area (Å²) in [5.74, 6) is -3.42. The molecule has 1 N–H and O–H groups in total.